The summed E-state index contributed by atoms with van der Waals surface area (Å²) in [6.07, 6.45) is -3.71. The van der Waals surface area contributed by atoms with Gasteiger partial charge in [-0.2, -0.15) is 13.2 Å². The molecule has 0 radical (unpaired) electrons. The lowest BCUT2D eigenvalue weighted by Crippen LogP contribution is -2.05. The topological polar surface area (TPSA) is 22.4 Å². The third-order valence-corrected chi connectivity index (χ3v) is 2.22. The number of halogens is 3. The van der Waals surface area contributed by atoms with Crippen LogP contribution in [-0.4, -0.2) is 6.10 Å². The fourth-order valence-corrected chi connectivity index (χ4v) is 1.57. The molecule has 0 spiro atoms. The van der Waals surface area contributed by atoms with E-state index in [0.29, 0.717) is 5.75 Å². The molecule has 0 bridgehead atoms. The molecule has 0 aliphatic heterocycles. The molecule has 92 valence electrons. The van der Waals surface area contributed by atoms with E-state index < -0.39 is 11.7 Å². The molecule has 0 saturated heterocycles. The van der Waals surface area contributed by atoms with E-state index in [1.807, 2.05) is 13.8 Å². The van der Waals surface area contributed by atoms with Crippen molar-refractivity contribution in [3.8, 4) is 5.75 Å². The molecule has 0 fully saturated rings. The van der Waals surface area contributed by atoms with Crippen molar-refractivity contribution in [3.05, 3.63) is 30.0 Å². The zero-order valence-corrected chi connectivity index (χ0v) is 9.34. The number of fused-ring (bicyclic) bond motifs is 1. The van der Waals surface area contributed by atoms with Gasteiger partial charge in [0.2, 0.25) is 0 Å². The molecular weight excluding hydrogens is 233 g/mol. The Morgan fingerprint density at radius 3 is 2.53 bits per heavy atom. The molecule has 5 heteroatoms. The van der Waals surface area contributed by atoms with Crippen LogP contribution in [0.2, 0.25) is 0 Å². The van der Waals surface area contributed by atoms with Gasteiger partial charge >= 0.3 is 6.18 Å². The maximum atomic E-state index is 12.6. The highest BCUT2D eigenvalue weighted by atomic mass is 19.4. The van der Waals surface area contributed by atoms with Gasteiger partial charge in [0.15, 0.2) is 0 Å². The van der Waals surface area contributed by atoms with Crippen LogP contribution < -0.4 is 4.74 Å². The van der Waals surface area contributed by atoms with Crippen LogP contribution in [0.25, 0.3) is 11.0 Å². The number of hydrogen-bond acceptors (Lipinski definition) is 2. The van der Waals surface area contributed by atoms with Crippen LogP contribution in [0.4, 0.5) is 13.2 Å². The first-order chi connectivity index (χ1) is 7.88. The first kappa shape index (κ1) is 11.8. The van der Waals surface area contributed by atoms with Gasteiger partial charge in [0.1, 0.15) is 23.2 Å². The Labute approximate surface area is 96.0 Å². The Bertz CT molecular complexity index is 526. The van der Waals surface area contributed by atoms with E-state index in [4.69, 9.17) is 9.15 Å². The van der Waals surface area contributed by atoms with E-state index in [0.717, 1.165) is 6.26 Å². The van der Waals surface area contributed by atoms with Gasteiger partial charge in [-0.3, -0.25) is 0 Å². The average Bonchev–Trinajstić information content (AvgIpc) is 2.58. The predicted octanol–water partition coefficient (Wildman–Crippen LogP) is 4.24. The van der Waals surface area contributed by atoms with Crippen LogP contribution >= 0.6 is 0 Å². The average molecular weight is 244 g/mol. The van der Waals surface area contributed by atoms with E-state index in [2.05, 4.69) is 0 Å². The molecule has 1 aromatic carbocycles. The normalized spacial score (nSPS) is 12.4. The quantitative estimate of drug-likeness (QED) is 0.788. The van der Waals surface area contributed by atoms with Crippen LogP contribution in [-0.2, 0) is 6.18 Å². The summed E-state index contributed by atoms with van der Waals surface area (Å²) in [5.74, 6) is 0.496. The zero-order valence-electron chi connectivity index (χ0n) is 9.34. The third kappa shape index (κ3) is 2.38. The highest BCUT2D eigenvalue weighted by Gasteiger charge is 2.34. The molecule has 0 aliphatic carbocycles. The molecule has 0 saturated carbocycles. The van der Waals surface area contributed by atoms with Crippen LogP contribution in [0, 0.1) is 0 Å². The second-order valence-electron chi connectivity index (χ2n) is 3.97. The van der Waals surface area contributed by atoms with Crippen molar-refractivity contribution in [1.82, 2.24) is 0 Å². The first-order valence-electron chi connectivity index (χ1n) is 5.13. The molecular formula is C12H11F3O2. The number of rotatable bonds is 2. The zero-order chi connectivity index (χ0) is 12.6. The van der Waals surface area contributed by atoms with Gasteiger partial charge < -0.3 is 9.15 Å². The minimum atomic E-state index is -4.40. The summed E-state index contributed by atoms with van der Waals surface area (Å²) >= 11 is 0. The standard InChI is InChI=1S/C12H11F3O2/c1-7(2)17-8-3-4-9-10(12(13,14)15)6-16-11(9)5-8/h3-7H,1-2H3. The van der Waals surface area contributed by atoms with Gasteiger partial charge in [-0.05, 0) is 26.0 Å². The summed E-state index contributed by atoms with van der Waals surface area (Å²) in [5.41, 5.74) is -0.584. The second kappa shape index (κ2) is 3.98. The number of furan rings is 1. The van der Waals surface area contributed by atoms with Crippen molar-refractivity contribution < 1.29 is 22.3 Å². The number of ether oxygens (including phenoxy) is 1. The van der Waals surface area contributed by atoms with Crippen molar-refractivity contribution in [2.75, 3.05) is 0 Å². The minimum absolute atomic E-state index is 0.0375. The minimum Gasteiger partial charge on any atom is -0.491 e. The lowest BCUT2D eigenvalue weighted by atomic mass is 10.1. The Morgan fingerprint density at radius 1 is 1.24 bits per heavy atom. The summed E-state index contributed by atoms with van der Waals surface area (Å²) in [5, 5.41) is 0.0496. The van der Waals surface area contributed by atoms with Crippen molar-refractivity contribution in [2.45, 2.75) is 26.1 Å². The van der Waals surface area contributed by atoms with Crippen molar-refractivity contribution in [2.24, 2.45) is 0 Å². The molecule has 0 amide bonds. The lowest BCUT2D eigenvalue weighted by Gasteiger charge is -2.09. The second-order valence-corrected chi connectivity index (χ2v) is 3.97. The molecule has 0 aliphatic rings. The SMILES string of the molecule is CC(C)Oc1ccc2c(C(F)(F)F)coc2c1. The van der Waals surface area contributed by atoms with E-state index in [9.17, 15) is 13.2 Å². The molecule has 1 heterocycles. The molecule has 2 aromatic rings. The Balaban J connectivity index is 2.45. The molecule has 0 N–H and O–H groups in total. The summed E-state index contributed by atoms with van der Waals surface area (Å²) in [7, 11) is 0. The molecule has 17 heavy (non-hydrogen) atoms. The Hall–Kier alpha value is -1.65. The van der Waals surface area contributed by atoms with Crippen molar-refractivity contribution in [1.29, 1.82) is 0 Å². The first-order valence-corrected chi connectivity index (χ1v) is 5.13. The monoisotopic (exact) mass is 244 g/mol. The molecule has 2 nitrogen and oxygen atoms in total. The fraction of sp³-hybridized carbons (Fsp3) is 0.333. The summed E-state index contributed by atoms with van der Waals surface area (Å²) in [4.78, 5) is 0. The predicted molar refractivity (Wildman–Crippen MR) is 57.0 cm³/mol. The van der Waals surface area contributed by atoms with Crippen molar-refractivity contribution >= 4 is 11.0 Å². The number of benzene rings is 1. The maximum absolute atomic E-state index is 12.6. The van der Waals surface area contributed by atoms with Gasteiger partial charge in [0, 0.05) is 11.5 Å². The van der Waals surface area contributed by atoms with E-state index in [1.165, 1.54) is 18.2 Å². The number of hydrogen-bond donors (Lipinski definition) is 0. The van der Waals surface area contributed by atoms with E-state index in [1.54, 1.807) is 0 Å². The van der Waals surface area contributed by atoms with Crippen LogP contribution in [0.3, 0.4) is 0 Å². The highest BCUT2D eigenvalue weighted by molar-refractivity contribution is 5.82. The summed E-state index contributed by atoms with van der Waals surface area (Å²) in [6.45, 7) is 3.68. The third-order valence-electron chi connectivity index (χ3n) is 2.22. The van der Waals surface area contributed by atoms with Crippen molar-refractivity contribution in [3.63, 3.8) is 0 Å². The van der Waals surface area contributed by atoms with Crippen LogP contribution in [0.5, 0.6) is 5.75 Å². The van der Waals surface area contributed by atoms with Gasteiger partial charge in [0.25, 0.3) is 0 Å². The molecule has 0 atom stereocenters. The summed E-state index contributed by atoms with van der Waals surface area (Å²) < 4.78 is 48.0. The van der Waals surface area contributed by atoms with Gasteiger partial charge in [-0.25, -0.2) is 0 Å². The van der Waals surface area contributed by atoms with Gasteiger partial charge in [-0.15, -0.1) is 0 Å². The summed E-state index contributed by atoms with van der Waals surface area (Å²) in [6, 6.07) is 4.33. The Morgan fingerprint density at radius 2 is 1.94 bits per heavy atom. The van der Waals surface area contributed by atoms with E-state index >= 15 is 0 Å². The van der Waals surface area contributed by atoms with Crippen LogP contribution in [0.1, 0.15) is 19.4 Å². The maximum Gasteiger partial charge on any atom is 0.420 e. The van der Waals surface area contributed by atoms with Gasteiger partial charge in [0.05, 0.1) is 6.10 Å². The highest BCUT2D eigenvalue weighted by Crippen LogP contribution is 2.37. The Kier molecular flexibility index (Phi) is 2.77. The van der Waals surface area contributed by atoms with Gasteiger partial charge in [-0.1, -0.05) is 0 Å². The fourth-order valence-electron chi connectivity index (χ4n) is 1.57. The van der Waals surface area contributed by atoms with E-state index in [-0.39, 0.29) is 17.1 Å². The molecule has 2 rings (SSSR count). The smallest absolute Gasteiger partial charge is 0.420 e. The molecule has 0 unspecified atom stereocenters. The molecule has 1 aromatic heterocycles. The largest absolute Gasteiger partial charge is 0.491 e. The number of alkyl halides is 3. The van der Waals surface area contributed by atoms with Crippen LogP contribution in [0.15, 0.2) is 28.9 Å². The lowest BCUT2D eigenvalue weighted by molar-refractivity contribution is -0.136.